The first-order valence-corrected chi connectivity index (χ1v) is 5.56. The van der Waals surface area contributed by atoms with Crippen LogP contribution in [0.1, 0.15) is 31.4 Å². The van der Waals surface area contributed by atoms with Gasteiger partial charge in [0.05, 0.1) is 0 Å². The Bertz CT molecular complexity index is 358. The van der Waals surface area contributed by atoms with Crippen molar-refractivity contribution in [2.45, 2.75) is 38.8 Å². The van der Waals surface area contributed by atoms with Crippen molar-refractivity contribution >= 4 is 0 Å². The Morgan fingerprint density at radius 2 is 2.20 bits per heavy atom. The fourth-order valence-electron chi connectivity index (χ4n) is 2.03. The average molecular weight is 205 g/mol. The summed E-state index contributed by atoms with van der Waals surface area (Å²) in [4.78, 5) is 0. The Morgan fingerprint density at radius 3 is 2.93 bits per heavy atom. The third-order valence-corrected chi connectivity index (χ3v) is 2.89. The minimum absolute atomic E-state index is 0.00246. The molecule has 2 nitrogen and oxygen atoms in total. The molecule has 0 saturated carbocycles. The smallest absolute Gasteiger partial charge is 0.123 e. The van der Waals surface area contributed by atoms with Gasteiger partial charge in [0.1, 0.15) is 11.4 Å². The molecule has 1 aromatic carbocycles. The Labute approximate surface area is 91.6 Å². The highest BCUT2D eigenvalue weighted by Crippen LogP contribution is 2.33. The molecule has 1 N–H and O–H groups in total. The summed E-state index contributed by atoms with van der Waals surface area (Å²) in [6, 6.07) is 6.49. The molecule has 82 valence electrons. The molecular formula is C13H19NO. The Balaban J connectivity index is 2.24. The van der Waals surface area contributed by atoms with Gasteiger partial charge in [0.15, 0.2) is 0 Å². The van der Waals surface area contributed by atoms with E-state index in [0.29, 0.717) is 0 Å². The van der Waals surface area contributed by atoms with Crippen molar-refractivity contribution in [2.24, 2.45) is 0 Å². The average Bonchev–Trinajstić information content (AvgIpc) is 2.18. The highest BCUT2D eigenvalue weighted by molar-refractivity contribution is 5.39. The number of nitrogens with one attached hydrogen (secondary N) is 1. The molecule has 0 aromatic heterocycles. The summed E-state index contributed by atoms with van der Waals surface area (Å²) >= 11 is 0. The fourth-order valence-corrected chi connectivity index (χ4v) is 2.03. The van der Waals surface area contributed by atoms with Crippen molar-refractivity contribution < 1.29 is 4.74 Å². The first-order valence-electron chi connectivity index (χ1n) is 5.56. The molecule has 1 heterocycles. The zero-order valence-electron chi connectivity index (χ0n) is 9.76. The molecule has 1 aliphatic rings. The molecule has 2 heteroatoms. The molecule has 0 atom stereocenters. The van der Waals surface area contributed by atoms with Crippen LogP contribution < -0.4 is 10.1 Å². The summed E-state index contributed by atoms with van der Waals surface area (Å²) in [7, 11) is 1.97. The van der Waals surface area contributed by atoms with Crippen LogP contribution in [0.2, 0.25) is 0 Å². The van der Waals surface area contributed by atoms with E-state index in [2.05, 4.69) is 37.4 Å². The van der Waals surface area contributed by atoms with Crippen molar-refractivity contribution in [3.63, 3.8) is 0 Å². The van der Waals surface area contributed by atoms with E-state index >= 15 is 0 Å². The summed E-state index contributed by atoms with van der Waals surface area (Å²) in [5.74, 6) is 1.06. The molecule has 0 bridgehead atoms. The molecule has 0 fully saturated rings. The number of fused-ring (bicyclic) bond motifs is 1. The van der Waals surface area contributed by atoms with E-state index in [-0.39, 0.29) is 5.60 Å². The second-order valence-electron chi connectivity index (χ2n) is 4.83. The molecular weight excluding hydrogens is 186 g/mol. The van der Waals surface area contributed by atoms with Crippen molar-refractivity contribution in [3.05, 3.63) is 29.3 Å². The second kappa shape index (κ2) is 3.86. The number of hydrogen-bond acceptors (Lipinski definition) is 2. The van der Waals surface area contributed by atoms with Crippen LogP contribution in [0.15, 0.2) is 18.2 Å². The third kappa shape index (κ3) is 2.32. The van der Waals surface area contributed by atoms with Crippen LogP contribution >= 0.6 is 0 Å². The first-order chi connectivity index (χ1) is 7.11. The van der Waals surface area contributed by atoms with Gasteiger partial charge >= 0.3 is 0 Å². The van der Waals surface area contributed by atoms with E-state index in [4.69, 9.17) is 4.74 Å². The molecule has 0 saturated heterocycles. The van der Waals surface area contributed by atoms with Gasteiger partial charge in [0.2, 0.25) is 0 Å². The largest absolute Gasteiger partial charge is 0.488 e. The van der Waals surface area contributed by atoms with Crippen LogP contribution in [-0.2, 0) is 13.0 Å². The van der Waals surface area contributed by atoms with E-state index in [9.17, 15) is 0 Å². The quantitative estimate of drug-likeness (QED) is 0.801. The monoisotopic (exact) mass is 205 g/mol. The zero-order valence-corrected chi connectivity index (χ0v) is 9.76. The van der Waals surface area contributed by atoms with Gasteiger partial charge in [0, 0.05) is 6.54 Å². The van der Waals surface area contributed by atoms with Crippen LogP contribution in [0.3, 0.4) is 0 Å². The molecule has 0 radical (unpaired) electrons. The van der Waals surface area contributed by atoms with Gasteiger partial charge in [-0.3, -0.25) is 0 Å². The van der Waals surface area contributed by atoms with Crippen molar-refractivity contribution in [1.82, 2.24) is 5.32 Å². The standard InChI is InChI=1S/C13H19NO/c1-13(2)7-6-11-8-10(9-14-3)4-5-12(11)15-13/h4-5,8,14H,6-7,9H2,1-3H3. The highest BCUT2D eigenvalue weighted by Gasteiger charge is 2.26. The van der Waals surface area contributed by atoms with Gasteiger partial charge in [-0.1, -0.05) is 12.1 Å². The predicted molar refractivity (Wildman–Crippen MR) is 62.2 cm³/mol. The topological polar surface area (TPSA) is 21.3 Å². The van der Waals surface area contributed by atoms with Crippen LogP contribution in [0, 0.1) is 0 Å². The van der Waals surface area contributed by atoms with Crippen LogP contribution in [0.4, 0.5) is 0 Å². The predicted octanol–water partition coefficient (Wildman–Crippen LogP) is 2.51. The van der Waals surface area contributed by atoms with Crippen molar-refractivity contribution in [2.75, 3.05) is 7.05 Å². The summed E-state index contributed by atoms with van der Waals surface area (Å²) in [5.41, 5.74) is 2.68. The number of ether oxygens (including phenoxy) is 1. The first kappa shape index (κ1) is 10.5. The van der Waals surface area contributed by atoms with Crippen LogP contribution in [0.25, 0.3) is 0 Å². The molecule has 1 aromatic rings. The summed E-state index contributed by atoms with van der Waals surface area (Å²) in [6.07, 6.45) is 2.23. The van der Waals surface area contributed by atoms with E-state index in [1.807, 2.05) is 7.05 Å². The minimum atomic E-state index is -0.00246. The molecule has 0 amide bonds. The van der Waals surface area contributed by atoms with Gasteiger partial charge in [-0.05, 0) is 50.9 Å². The summed E-state index contributed by atoms with van der Waals surface area (Å²) in [5, 5.41) is 3.17. The lowest BCUT2D eigenvalue weighted by molar-refractivity contribution is 0.0846. The molecule has 0 unspecified atom stereocenters. The second-order valence-corrected chi connectivity index (χ2v) is 4.83. The number of benzene rings is 1. The SMILES string of the molecule is CNCc1ccc2c(c1)CCC(C)(C)O2. The summed E-state index contributed by atoms with van der Waals surface area (Å²) in [6.45, 7) is 5.23. The lowest BCUT2D eigenvalue weighted by Gasteiger charge is -2.32. The third-order valence-electron chi connectivity index (χ3n) is 2.89. The Hall–Kier alpha value is -1.02. The lowest BCUT2D eigenvalue weighted by Crippen LogP contribution is -2.32. The van der Waals surface area contributed by atoms with Crippen molar-refractivity contribution in [1.29, 1.82) is 0 Å². The lowest BCUT2D eigenvalue weighted by atomic mass is 9.93. The van der Waals surface area contributed by atoms with Gasteiger partial charge in [-0.2, -0.15) is 0 Å². The van der Waals surface area contributed by atoms with Gasteiger partial charge < -0.3 is 10.1 Å². The van der Waals surface area contributed by atoms with E-state index < -0.39 is 0 Å². The highest BCUT2D eigenvalue weighted by atomic mass is 16.5. The van der Waals surface area contributed by atoms with Crippen molar-refractivity contribution in [3.8, 4) is 5.75 Å². The van der Waals surface area contributed by atoms with E-state index in [1.54, 1.807) is 0 Å². The molecule has 2 rings (SSSR count). The number of hydrogen-bond donors (Lipinski definition) is 1. The fraction of sp³-hybridized carbons (Fsp3) is 0.538. The molecule has 0 aliphatic carbocycles. The van der Waals surface area contributed by atoms with Crippen LogP contribution in [0.5, 0.6) is 5.75 Å². The van der Waals surface area contributed by atoms with Gasteiger partial charge in [0.25, 0.3) is 0 Å². The zero-order chi connectivity index (χ0) is 10.9. The maximum Gasteiger partial charge on any atom is 0.123 e. The molecule has 15 heavy (non-hydrogen) atoms. The Kier molecular flexibility index (Phi) is 2.70. The van der Waals surface area contributed by atoms with Gasteiger partial charge in [-0.25, -0.2) is 0 Å². The van der Waals surface area contributed by atoms with Crippen LogP contribution in [-0.4, -0.2) is 12.6 Å². The number of rotatable bonds is 2. The maximum atomic E-state index is 5.93. The molecule has 0 spiro atoms. The minimum Gasteiger partial charge on any atom is -0.488 e. The summed E-state index contributed by atoms with van der Waals surface area (Å²) < 4.78 is 5.93. The van der Waals surface area contributed by atoms with E-state index in [0.717, 1.165) is 25.1 Å². The normalized spacial score (nSPS) is 18.1. The van der Waals surface area contributed by atoms with E-state index in [1.165, 1.54) is 11.1 Å². The number of aryl methyl sites for hydroxylation is 1. The maximum absolute atomic E-state index is 5.93. The Morgan fingerprint density at radius 1 is 1.40 bits per heavy atom. The molecule has 1 aliphatic heterocycles. The van der Waals surface area contributed by atoms with Gasteiger partial charge in [-0.15, -0.1) is 0 Å².